The average Bonchev–Trinajstić information content (AvgIpc) is 3.25. The van der Waals surface area contributed by atoms with E-state index >= 15 is 0 Å². The molecule has 35 heavy (non-hydrogen) atoms. The van der Waals surface area contributed by atoms with Gasteiger partial charge in [-0.1, -0.05) is 34.6 Å². The van der Waals surface area contributed by atoms with Gasteiger partial charge in [-0.2, -0.15) is 0 Å². The molecule has 9 heteroatoms. The first-order valence-electron chi connectivity index (χ1n) is 12.0. The molecule has 0 aliphatic carbocycles. The second kappa shape index (κ2) is 11.7. The van der Waals surface area contributed by atoms with Crippen LogP contribution in [-0.4, -0.2) is 63.1 Å². The van der Waals surface area contributed by atoms with Crippen molar-refractivity contribution in [3.05, 3.63) is 71.3 Å². The highest BCUT2D eigenvalue weighted by Gasteiger charge is 2.23. The van der Waals surface area contributed by atoms with Crippen molar-refractivity contribution in [3.8, 4) is 0 Å². The second-order valence-electron chi connectivity index (χ2n) is 8.93. The number of para-hydroxylation sites is 1. The van der Waals surface area contributed by atoms with Crippen LogP contribution in [0.25, 0.3) is 0 Å². The van der Waals surface area contributed by atoms with Crippen LogP contribution < -0.4 is 4.90 Å². The van der Waals surface area contributed by atoms with Crippen molar-refractivity contribution >= 4 is 17.5 Å². The van der Waals surface area contributed by atoms with Crippen LogP contribution in [0.2, 0.25) is 0 Å². The Morgan fingerprint density at radius 2 is 1.80 bits per heavy atom. The molecule has 0 saturated heterocycles. The maximum absolute atomic E-state index is 13.3. The van der Waals surface area contributed by atoms with Gasteiger partial charge in [-0.25, -0.2) is 4.63 Å². The van der Waals surface area contributed by atoms with E-state index in [0.29, 0.717) is 31.0 Å². The summed E-state index contributed by atoms with van der Waals surface area (Å²) in [4.78, 5) is 36.3. The number of pyridine rings is 1. The summed E-state index contributed by atoms with van der Waals surface area (Å²) in [5.74, 6) is -0.0423. The van der Waals surface area contributed by atoms with Crippen molar-refractivity contribution in [1.29, 1.82) is 0 Å². The van der Waals surface area contributed by atoms with Crippen molar-refractivity contribution in [1.82, 2.24) is 25.1 Å². The summed E-state index contributed by atoms with van der Waals surface area (Å²) in [5, 5.41) is 7.69. The van der Waals surface area contributed by atoms with Crippen molar-refractivity contribution in [2.24, 2.45) is 0 Å². The SMILES string of the molecule is CC(=O)N1CCCN(Cc2cccnc2)CCCN(C(=O)Cc2nonc2C)Cc2ccccc21. The molecule has 3 heterocycles. The number of aromatic nitrogens is 3. The lowest BCUT2D eigenvalue weighted by molar-refractivity contribution is -0.131. The first kappa shape index (κ1) is 24.5. The predicted octanol–water partition coefficient (Wildman–Crippen LogP) is 2.99. The van der Waals surface area contributed by atoms with Gasteiger partial charge in [0.15, 0.2) is 0 Å². The topological polar surface area (TPSA) is 95.7 Å². The number of benzene rings is 1. The van der Waals surface area contributed by atoms with Gasteiger partial charge in [0, 0.05) is 64.3 Å². The van der Waals surface area contributed by atoms with Gasteiger partial charge in [0.05, 0.1) is 6.42 Å². The summed E-state index contributed by atoms with van der Waals surface area (Å²) in [5.41, 5.74) is 4.14. The molecule has 0 unspecified atom stereocenters. The molecule has 0 bridgehead atoms. The Labute approximate surface area is 205 Å². The molecular weight excluding hydrogens is 444 g/mol. The highest BCUT2D eigenvalue weighted by molar-refractivity contribution is 5.92. The Morgan fingerprint density at radius 1 is 1.00 bits per heavy atom. The van der Waals surface area contributed by atoms with Crippen molar-refractivity contribution in [3.63, 3.8) is 0 Å². The van der Waals surface area contributed by atoms with Crippen LogP contribution in [0, 0.1) is 6.92 Å². The third-order valence-corrected chi connectivity index (χ3v) is 6.33. The smallest absolute Gasteiger partial charge is 0.229 e. The van der Waals surface area contributed by atoms with Gasteiger partial charge in [0.2, 0.25) is 11.8 Å². The molecule has 1 aliphatic rings. The zero-order valence-electron chi connectivity index (χ0n) is 20.4. The van der Waals surface area contributed by atoms with Crippen LogP contribution in [0.3, 0.4) is 0 Å². The number of fused-ring (bicyclic) bond motifs is 1. The number of hydrogen-bond donors (Lipinski definition) is 0. The quantitative estimate of drug-likeness (QED) is 0.571. The number of carbonyl (C=O) groups excluding carboxylic acids is 2. The molecule has 0 saturated carbocycles. The van der Waals surface area contributed by atoms with Crippen LogP contribution in [-0.2, 0) is 29.1 Å². The Bertz CT molecular complexity index is 1130. The number of nitrogens with zero attached hydrogens (tertiary/aromatic N) is 6. The monoisotopic (exact) mass is 476 g/mol. The number of hydrogen-bond acceptors (Lipinski definition) is 7. The van der Waals surface area contributed by atoms with Crippen LogP contribution >= 0.6 is 0 Å². The van der Waals surface area contributed by atoms with E-state index in [-0.39, 0.29) is 18.2 Å². The molecule has 1 aromatic carbocycles. The van der Waals surface area contributed by atoms with Gasteiger partial charge in [-0.05, 0) is 43.0 Å². The average molecular weight is 477 g/mol. The lowest BCUT2D eigenvalue weighted by atomic mass is 10.1. The fourth-order valence-electron chi connectivity index (χ4n) is 4.48. The summed E-state index contributed by atoms with van der Waals surface area (Å²) in [6.07, 6.45) is 5.49. The fourth-order valence-corrected chi connectivity index (χ4v) is 4.48. The van der Waals surface area contributed by atoms with E-state index in [2.05, 4.69) is 26.3 Å². The molecule has 0 radical (unpaired) electrons. The van der Waals surface area contributed by atoms with Crippen LogP contribution in [0.15, 0.2) is 53.4 Å². The first-order chi connectivity index (χ1) is 17.0. The summed E-state index contributed by atoms with van der Waals surface area (Å²) in [6, 6.07) is 11.9. The normalized spacial score (nSPS) is 15.7. The van der Waals surface area contributed by atoms with Crippen molar-refractivity contribution in [2.45, 2.75) is 46.2 Å². The number of carbonyl (C=O) groups is 2. The molecular formula is C26H32N6O3. The van der Waals surface area contributed by atoms with Gasteiger partial charge >= 0.3 is 0 Å². The van der Waals surface area contributed by atoms with Crippen LogP contribution in [0.1, 0.15) is 42.3 Å². The van der Waals surface area contributed by atoms with Gasteiger partial charge in [-0.15, -0.1) is 0 Å². The zero-order chi connectivity index (χ0) is 24.6. The molecule has 9 nitrogen and oxygen atoms in total. The number of rotatable bonds is 4. The summed E-state index contributed by atoms with van der Waals surface area (Å²) in [6.45, 7) is 7.48. The third-order valence-electron chi connectivity index (χ3n) is 6.33. The Kier molecular flexibility index (Phi) is 8.20. The lowest BCUT2D eigenvalue weighted by Crippen LogP contribution is -2.38. The molecule has 0 fully saturated rings. The van der Waals surface area contributed by atoms with E-state index in [1.54, 1.807) is 20.0 Å². The molecule has 0 atom stereocenters. The molecule has 4 rings (SSSR count). The van der Waals surface area contributed by atoms with E-state index < -0.39 is 0 Å². The summed E-state index contributed by atoms with van der Waals surface area (Å²) >= 11 is 0. The largest absolute Gasteiger partial charge is 0.338 e. The minimum Gasteiger partial charge on any atom is -0.338 e. The Morgan fingerprint density at radius 3 is 2.51 bits per heavy atom. The lowest BCUT2D eigenvalue weighted by Gasteiger charge is -2.31. The molecule has 0 spiro atoms. The first-order valence-corrected chi connectivity index (χ1v) is 12.0. The summed E-state index contributed by atoms with van der Waals surface area (Å²) in [7, 11) is 0. The molecule has 184 valence electrons. The van der Waals surface area contributed by atoms with Crippen LogP contribution in [0.4, 0.5) is 5.69 Å². The maximum Gasteiger partial charge on any atom is 0.229 e. The molecule has 0 N–H and O–H groups in total. The van der Waals surface area contributed by atoms with E-state index in [9.17, 15) is 9.59 Å². The van der Waals surface area contributed by atoms with E-state index in [4.69, 9.17) is 4.63 Å². The van der Waals surface area contributed by atoms with Gasteiger partial charge in [0.1, 0.15) is 11.4 Å². The molecule has 3 aromatic rings. The van der Waals surface area contributed by atoms with Crippen LogP contribution in [0.5, 0.6) is 0 Å². The van der Waals surface area contributed by atoms with E-state index in [1.165, 1.54) is 0 Å². The van der Waals surface area contributed by atoms with Crippen molar-refractivity contribution in [2.75, 3.05) is 31.1 Å². The third kappa shape index (κ3) is 6.51. The molecule has 1 aliphatic heterocycles. The maximum atomic E-state index is 13.3. The number of aryl methyl sites for hydroxylation is 1. The van der Waals surface area contributed by atoms with Gasteiger partial charge in [-0.3, -0.25) is 19.5 Å². The predicted molar refractivity (Wildman–Crippen MR) is 131 cm³/mol. The Balaban J connectivity index is 1.59. The standard InChI is InChI=1S/C26H32N6O3/c1-20-24(29-35-28-20)16-26(34)31-14-6-12-30(18-22-8-5-11-27-17-22)13-7-15-32(21(2)33)25-10-4-3-9-23(25)19-31/h3-5,8-11,17H,6-7,12-16,18-19H2,1-2H3. The van der Waals surface area contributed by atoms with E-state index in [0.717, 1.165) is 49.3 Å². The fraction of sp³-hybridized carbons (Fsp3) is 0.423. The number of amides is 2. The highest BCUT2D eigenvalue weighted by atomic mass is 16.6. The molecule has 2 amide bonds. The highest BCUT2D eigenvalue weighted by Crippen LogP contribution is 2.24. The van der Waals surface area contributed by atoms with Gasteiger partial charge < -0.3 is 9.80 Å². The zero-order valence-corrected chi connectivity index (χ0v) is 20.4. The minimum absolute atomic E-state index is 0.00417. The second-order valence-corrected chi connectivity index (χ2v) is 8.93. The Hall–Kier alpha value is -3.59. The van der Waals surface area contributed by atoms with Gasteiger partial charge in [0.25, 0.3) is 0 Å². The number of anilines is 1. The minimum atomic E-state index is -0.0381. The van der Waals surface area contributed by atoms with E-state index in [1.807, 2.05) is 46.3 Å². The summed E-state index contributed by atoms with van der Waals surface area (Å²) < 4.78 is 4.79. The van der Waals surface area contributed by atoms with Crippen molar-refractivity contribution < 1.29 is 14.2 Å². The molecule has 2 aromatic heterocycles.